The summed E-state index contributed by atoms with van der Waals surface area (Å²) in [7, 11) is 0. The van der Waals surface area contributed by atoms with Crippen molar-refractivity contribution in [3.05, 3.63) is 41.0 Å². The van der Waals surface area contributed by atoms with Gasteiger partial charge in [-0.3, -0.25) is 14.9 Å². The number of nitrogens with one attached hydrogen (secondary N) is 1. The van der Waals surface area contributed by atoms with E-state index >= 15 is 0 Å². The highest BCUT2D eigenvalue weighted by molar-refractivity contribution is 6.02. The Hall–Kier alpha value is -2.69. The number of imide groups is 1. The van der Waals surface area contributed by atoms with E-state index in [1.54, 1.807) is 17.1 Å². The van der Waals surface area contributed by atoms with Crippen LogP contribution in [0.25, 0.3) is 11.8 Å². The minimum absolute atomic E-state index is 0.0725. The van der Waals surface area contributed by atoms with Crippen molar-refractivity contribution in [3.8, 4) is 0 Å². The second-order valence-corrected chi connectivity index (χ2v) is 5.50. The molecule has 1 aromatic rings. The average Bonchev–Trinajstić information content (AvgIpc) is 2.91. The normalized spacial score (nSPS) is 20.7. The van der Waals surface area contributed by atoms with E-state index in [2.05, 4.69) is 5.32 Å². The molecule has 0 saturated carbocycles. The first-order valence-corrected chi connectivity index (χ1v) is 7.40. The number of nitrogens with zero attached hydrogens (tertiary/aromatic N) is 1. The van der Waals surface area contributed by atoms with Gasteiger partial charge in [0.2, 0.25) is 11.8 Å². The fourth-order valence-electron chi connectivity index (χ4n) is 3.10. The zero-order valence-corrected chi connectivity index (χ0v) is 12.4. The smallest absolute Gasteiger partial charge is 0.249 e. The number of carbonyl (C=O) groups excluding carboxylic acids is 3. The summed E-state index contributed by atoms with van der Waals surface area (Å²) in [6.07, 6.45) is 4.04. The lowest BCUT2D eigenvalue weighted by Gasteiger charge is -2.30. The highest BCUT2D eigenvalue weighted by atomic mass is 16.2. The number of fused-ring (bicyclic) bond motifs is 1. The number of benzene rings is 1. The first-order valence-electron chi connectivity index (χ1n) is 7.40. The number of carbonyl (C=O) groups is 2. The minimum atomic E-state index is -0.550. The molecule has 0 aromatic heterocycles. The van der Waals surface area contributed by atoms with Gasteiger partial charge in [-0.2, -0.15) is 0 Å². The fraction of sp³-hybridized carbons (Fsp3) is 0.294. The Bertz CT molecular complexity index is 747. The molecule has 3 rings (SSSR count). The van der Waals surface area contributed by atoms with Gasteiger partial charge < -0.3 is 10.0 Å². The molecule has 6 nitrogen and oxygen atoms in total. The Morgan fingerprint density at radius 1 is 1.39 bits per heavy atom. The van der Waals surface area contributed by atoms with Gasteiger partial charge in [0.15, 0.2) is 5.94 Å². The SMILES string of the molecule is O=C=C1c2cccc(/C=C/CO)c2CN1C1CCC(=O)NC1=O. The van der Waals surface area contributed by atoms with Gasteiger partial charge in [-0.25, -0.2) is 4.79 Å². The van der Waals surface area contributed by atoms with Crippen molar-refractivity contribution in [3.63, 3.8) is 0 Å². The third-order valence-corrected chi connectivity index (χ3v) is 4.17. The maximum Gasteiger partial charge on any atom is 0.249 e. The van der Waals surface area contributed by atoms with Crippen LogP contribution in [0.2, 0.25) is 0 Å². The number of hydrogen-bond donors (Lipinski definition) is 2. The first-order chi connectivity index (χ1) is 11.2. The fourth-order valence-corrected chi connectivity index (χ4v) is 3.10. The van der Waals surface area contributed by atoms with E-state index < -0.39 is 6.04 Å². The second-order valence-electron chi connectivity index (χ2n) is 5.50. The molecule has 2 amide bonds. The molecule has 2 N–H and O–H groups in total. The number of amides is 2. The molecule has 1 aromatic carbocycles. The molecule has 2 aliphatic heterocycles. The summed E-state index contributed by atoms with van der Waals surface area (Å²) in [5.74, 6) is 1.27. The van der Waals surface area contributed by atoms with Crippen LogP contribution >= 0.6 is 0 Å². The molecular formula is C17H16N2O4. The molecule has 1 atom stereocenters. The van der Waals surface area contributed by atoms with Crippen LogP contribution in [0.5, 0.6) is 0 Å². The van der Waals surface area contributed by atoms with Crippen LogP contribution in [0.4, 0.5) is 0 Å². The Labute approximate surface area is 133 Å². The zero-order chi connectivity index (χ0) is 16.4. The van der Waals surface area contributed by atoms with Crippen LogP contribution in [-0.4, -0.2) is 40.4 Å². The molecule has 1 unspecified atom stereocenters. The molecule has 0 aliphatic carbocycles. The molecule has 23 heavy (non-hydrogen) atoms. The van der Waals surface area contributed by atoms with Crippen molar-refractivity contribution in [1.29, 1.82) is 0 Å². The van der Waals surface area contributed by atoms with Gasteiger partial charge in [-0.1, -0.05) is 30.4 Å². The molecule has 2 aliphatic rings. The van der Waals surface area contributed by atoms with E-state index in [9.17, 15) is 14.4 Å². The van der Waals surface area contributed by atoms with Gasteiger partial charge in [0, 0.05) is 18.5 Å². The van der Waals surface area contributed by atoms with Gasteiger partial charge in [-0.05, 0) is 17.5 Å². The minimum Gasteiger partial charge on any atom is -0.392 e. The molecule has 0 bridgehead atoms. The van der Waals surface area contributed by atoms with Crippen LogP contribution in [0.1, 0.15) is 29.5 Å². The summed E-state index contributed by atoms with van der Waals surface area (Å²) in [4.78, 5) is 36.6. The maximum atomic E-state index is 12.1. The third kappa shape index (κ3) is 2.70. The second kappa shape index (κ2) is 6.20. The highest BCUT2D eigenvalue weighted by Crippen LogP contribution is 2.36. The molecule has 0 spiro atoms. The highest BCUT2D eigenvalue weighted by Gasteiger charge is 2.38. The first kappa shape index (κ1) is 15.2. The maximum absolute atomic E-state index is 12.1. The van der Waals surface area contributed by atoms with Crippen molar-refractivity contribution >= 4 is 29.5 Å². The predicted molar refractivity (Wildman–Crippen MR) is 83.4 cm³/mol. The number of hydrogen-bond acceptors (Lipinski definition) is 5. The Morgan fingerprint density at radius 3 is 2.91 bits per heavy atom. The molecule has 118 valence electrons. The van der Waals surface area contributed by atoms with E-state index in [1.165, 1.54) is 0 Å². The van der Waals surface area contributed by atoms with E-state index in [1.807, 2.05) is 24.1 Å². The largest absolute Gasteiger partial charge is 0.392 e. The van der Waals surface area contributed by atoms with Gasteiger partial charge >= 0.3 is 0 Å². The standard InChI is InChI=1S/C17H16N2O4/c20-8-2-4-11-3-1-5-12-13(11)9-19(15(12)10-21)14-6-7-16(22)18-17(14)23/h1-5,14,20H,6-9H2,(H,18,22,23)/b4-2+. The van der Waals surface area contributed by atoms with Crippen molar-refractivity contribution in [2.45, 2.75) is 25.4 Å². The summed E-state index contributed by atoms with van der Waals surface area (Å²) < 4.78 is 0. The molecule has 1 fully saturated rings. The quantitative estimate of drug-likeness (QED) is 0.626. The van der Waals surface area contributed by atoms with Crippen molar-refractivity contribution in [2.75, 3.05) is 6.61 Å². The van der Waals surface area contributed by atoms with Crippen molar-refractivity contribution < 1.29 is 19.5 Å². The average molecular weight is 312 g/mol. The third-order valence-electron chi connectivity index (χ3n) is 4.17. The van der Waals surface area contributed by atoms with E-state index in [0.29, 0.717) is 18.7 Å². The lowest BCUT2D eigenvalue weighted by atomic mass is 10.0. The number of aliphatic hydroxyl groups is 1. The zero-order valence-electron chi connectivity index (χ0n) is 12.4. The number of piperidine rings is 1. The monoisotopic (exact) mass is 312 g/mol. The Balaban J connectivity index is 1.97. The summed E-state index contributed by atoms with van der Waals surface area (Å²) in [6, 6.07) is 4.98. The van der Waals surface area contributed by atoms with Crippen molar-refractivity contribution in [1.82, 2.24) is 10.2 Å². The van der Waals surface area contributed by atoms with Crippen LogP contribution in [0, 0.1) is 0 Å². The van der Waals surface area contributed by atoms with Gasteiger partial charge in [-0.15, -0.1) is 0 Å². The Kier molecular flexibility index (Phi) is 4.10. The van der Waals surface area contributed by atoms with E-state index in [4.69, 9.17) is 5.11 Å². The van der Waals surface area contributed by atoms with Gasteiger partial charge in [0.25, 0.3) is 0 Å². The van der Waals surface area contributed by atoms with Crippen LogP contribution < -0.4 is 5.32 Å². The topological polar surface area (TPSA) is 86.7 Å². The molecule has 6 heteroatoms. The summed E-state index contributed by atoms with van der Waals surface area (Å²) in [5, 5.41) is 11.3. The van der Waals surface area contributed by atoms with Crippen LogP contribution in [0.15, 0.2) is 24.3 Å². The van der Waals surface area contributed by atoms with Crippen LogP contribution in [-0.2, 0) is 20.9 Å². The molecule has 0 radical (unpaired) electrons. The molecule has 2 heterocycles. The summed E-state index contributed by atoms with van der Waals surface area (Å²) >= 11 is 0. The van der Waals surface area contributed by atoms with Crippen LogP contribution in [0.3, 0.4) is 0 Å². The number of rotatable bonds is 3. The number of aliphatic hydroxyl groups excluding tert-OH is 1. The lowest BCUT2D eigenvalue weighted by Crippen LogP contribution is -2.50. The van der Waals surface area contributed by atoms with E-state index in [0.717, 1.165) is 16.7 Å². The lowest BCUT2D eigenvalue weighted by molar-refractivity contribution is -0.136. The Morgan fingerprint density at radius 2 is 2.22 bits per heavy atom. The predicted octanol–water partition coefficient (Wildman–Crippen LogP) is 0.485. The van der Waals surface area contributed by atoms with Gasteiger partial charge in [0.05, 0.1) is 6.61 Å². The van der Waals surface area contributed by atoms with E-state index in [-0.39, 0.29) is 24.8 Å². The molecule has 1 saturated heterocycles. The summed E-state index contributed by atoms with van der Waals surface area (Å²) in [6.45, 7) is 0.328. The molecular weight excluding hydrogens is 296 g/mol. The van der Waals surface area contributed by atoms with Gasteiger partial charge in [0.1, 0.15) is 11.7 Å². The van der Waals surface area contributed by atoms with Crippen molar-refractivity contribution in [2.24, 2.45) is 0 Å². The summed E-state index contributed by atoms with van der Waals surface area (Å²) in [5.41, 5.74) is 2.89.